The molecular weight excluding hydrogens is 411 g/mol. The first kappa shape index (κ1) is 19.6. The van der Waals surface area contributed by atoms with E-state index in [2.05, 4.69) is 15.2 Å². The average Bonchev–Trinajstić information content (AvgIpc) is 3.29. The number of aliphatic hydroxyl groups excluding tert-OH is 1. The Labute approximate surface area is 174 Å². The largest absolute Gasteiger partial charge is 0.507 e. The Kier molecular flexibility index (Phi) is 5.00. The second-order valence-electron chi connectivity index (χ2n) is 6.38. The number of rotatable bonds is 4. The first-order chi connectivity index (χ1) is 14.4. The van der Waals surface area contributed by atoms with Crippen molar-refractivity contribution in [1.29, 1.82) is 0 Å². The van der Waals surface area contributed by atoms with Gasteiger partial charge in [-0.25, -0.2) is 4.39 Å². The van der Waals surface area contributed by atoms with Crippen molar-refractivity contribution in [2.24, 2.45) is 0 Å². The summed E-state index contributed by atoms with van der Waals surface area (Å²) in [5.41, 5.74) is 0.164. The van der Waals surface area contributed by atoms with Gasteiger partial charge in [0.05, 0.1) is 18.4 Å². The molecule has 0 saturated carbocycles. The number of pyridine rings is 1. The molecule has 1 aliphatic rings. The van der Waals surface area contributed by atoms with Gasteiger partial charge in [0.1, 0.15) is 16.8 Å². The van der Waals surface area contributed by atoms with E-state index in [1.165, 1.54) is 25.4 Å². The van der Waals surface area contributed by atoms with Crippen molar-refractivity contribution < 1.29 is 23.8 Å². The number of hydrogen-bond donors (Lipinski definition) is 1. The van der Waals surface area contributed by atoms with Gasteiger partial charge < -0.3 is 9.84 Å². The molecule has 2 aromatic heterocycles. The summed E-state index contributed by atoms with van der Waals surface area (Å²) in [6, 6.07) is 7.72. The monoisotopic (exact) mass is 426 g/mol. The Morgan fingerprint density at radius 3 is 2.63 bits per heavy atom. The van der Waals surface area contributed by atoms with Crippen LogP contribution in [-0.2, 0) is 9.59 Å². The summed E-state index contributed by atoms with van der Waals surface area (Å²) in [5, 5.41) is 19.6. The number of amides is 1. The minimum absolute atomic E-state index is 0.0161. The van der Waals surface area contributed by atoms with Gasteiger partial charge >= 0.3 is 5.91 Å². The number of methoxy groups -OCH3 is 1. The Hall–Kier alpha value is -3.66. The van der Waals surface area contributed by atoms with Crippen molar-refractivity contribution in [3.63, 3.8) is 0 Å². The molecule has 0 bridgehead atoms. The smallest absolute Gasteiger partial charge is 0.302 e. The fourth-order valence-electron chi connectivity index (χ4n) is 3.20. The molecule has 1 saturated heterocycles. The lowest BCUT2D eigenvalue weighted by molar-refractivity contribution is -0.132. The highest BCUT2D eigenvalue weighted by Gasteiger charge is 2.49. The third kappa shape index (κ3) is 3.20. The molecule has 1 aliphatic heterocycles. The molecule has 152 valence electrons. The van der Waals surface area contributed by atoms with Crippen LogP contribution in [0.4, 0.5) is 9.52 Å². The van der Waals surface area contributed by atoms with Crippen molar-refractivity contribution in [1.82, 2.24) is 15.2 Å². The van der Waals surface area contributed by atoms with Gasteiger partial charge in [-0.1, -0.05) is 17.4 Å². The van der Waals surface area contributed by atoms with Crippen LogP contribution in [0.25, 0.3) is 5.76 Å². The number of anilines is 1. The molecular formula is C20H15FN4O4S. The molecule has 1 atom stereocenters. The lowest BCUT2D eigenvalue weighted by Gasteiger charge is -2.21. The van der Waals surface area contributed by atoms with Gasteiger partial charge in [0.25, 0.3) is 5.78 Å². The van der Waals surface area contributed by atoms with Crippen LogP contribution in [0.1, 0.15) is 22.3 Å². The molecule has 8 nitrogen and oxygen atoms in total. The molecule has 3 heterocycles. The van der Waals surface area contributed by atoms with Gasteiger partial charge in [0.15, 0.2) is 11.6 Å². The van der Waals surface area contributed by atoms with Crippen LogP contribution < -0.4 is 9.64 Å². The summed E-state index contributed by atoms with van der Waals surface area (Å²) in [5.74, 6) is -3.05. The van der Waals surface area contributed by atoms with Crippen LogP contribution in [0, 0.1) is 12.7 Å². The van der Waals surface area contributed by atoms with E-state index in [1.54, 1.807) is 25.1 Å². The van der Waals surface area contributed by atoms with E-state index in [1.807, 2.05) is 0 Å². The number of aliphatic hydroxyl groups is 1. The second-order valence-corrected chi connectivity index (χ2v) is 7.54. The number of nitrogens with zero attached hydrogens (tertiary/aromatic N) is 4. The lowest BCUT2D eigenvalue weighted by Crippen LogP contribution is -2.29. The zero-order valence-corrected chi connectivity index (χ0v) is 16.7. The van der Waals surface area contributed by atoms with E-state index in [0.717, 1.165) is 22.3 Å². The summed E-state index contributed by atoms with van der Waals surface area (Å²) >= 11 is 1.13. The van der Waals surface area contributed by atoms with E-state index in [0.29, 0.717) is 10.7 Å². The minimum Gasteiger partial charge on any atom is -0.507 e. The molecule has 1 amide bonds. The van der Waals surface area contributed by atoms with Crippen molar-refractivity contribution >= 4 is 33.9 Å². The van der Waals surface area contributed by atoms with Crippen LogP contribution in [-0.4, -0.2) is 39.1 Å². The minimum atomic E-state index is -1.04. The van der Waals surface area contributed by atoms with Gasteiger partial charge in [0, 0.05) is 11.8 Å². The Morgan fingerprint density at radius 2 is 2.03 bits per heavy atom. The third-order valence-corrected chi connectivity index (χ3v) is 5.40. The highest BCUT2D eigenvalue weighted by molar-refractivity contribution is 7.15. The zero-order valence-electron chi connectivity index (χ0n) is 15.9. The van der Waals surface area contributed by atoms with E-state index < -0.39 is 29.3 Å². The molecule has 0 aliphatic carbocycles. The van der Waals surface area contributed by atoms with Gasteiger partial charge in [-0.2, -0.15) is 0 Å². The van der Waals surface area contributed by atoms with Crippen molar-refractivity contribution in [3.8, 4) is 5.75 Å². The molecule has 0 spiro atoms. The number of hydrogen-bond acceptors (Lipinski definition) is 8. The number of carbonyl (C=O) groups is 2. The summed E-state index contributed by atoms with van der Waals surface area (Å²) < 4.78 is 19.1. The predicted molar refractivity (Wildman–Crippen MR) is 107 cm³/mol. The first-order valence-electron chi connectivity index (χ1n) is 8.78. The quantitative estimate of drug-likeness (QED) is 0.388. The topological polar surface area (TPSA) is 106 Å². The van der Waals surface area contributed by atoms with Gasteiger partial charge in [-0.15, -0.1) is 10.2 Å². The summed E-state index contributed by atoms with van der Waals surface area (Å²) in [7, 11) is 1.31. The van der Waals surface area contributed by atoms with Crippen LogP contribution in [0.2, 0.25) is 0 Å². The van der Waals surface area contributed by atoms with Gasteiger partial charge in [-0.05, 0) is 37.3 Å². The van der Waals surface area contributed by atoms with Crippen molar-refractivity contribution in [2.75, 3.05) is 12.0 Å². The second kappa shape index (κ2) is 7.64. The van der Waals surface area contributed by atoms with E-state index in [4.69, 9.17) is 4.74 Å². The van der Waals surface area contributed by atoms with E-state index in [9.17, 15) is 19.1 Å². The maximum Gasteiger partial charge on any atom is 0.302 e. The standard InChI is InChI=1S/C20H15FN4O4S/c1-10-23-24-20(30-10)25-16(13-5-3-4-8-22-13)15(18(27)19(25)28)17(26)11-6-7-14(29-2)12(21)9-11/h3-9,16,26H,1-2H3/t16-/m0/s1. The molecule has 1 aromatic carbocycles. The number of Topliss-reactive ketones (excluding diaryl/α,β-unsaturated/α-hetero) is 1. The Balaban J connectivity index is 1.92. The van der Waals surface area contributed by atoms with Crippen LogP contribution in [0.15, 0.2) is 48.2 Å². The number of halogens is 1. The Bertz CT molecular complexity index is 1180. The maximum absolute atomic E-state index is 14.2. The van der Waals surface area contributed by atoms with E-state index >= 15 is 0 Å². The molecule has 1 fully saturated rings. The molecule has 1 N–H and O–H groups in total. The zero-order chi connectivity index (χ0) is 21.4. The number of ketones is 1. The fraction of sp³-hybridized carbons (Fsp3) is 0.150. The van der Waals surface area contributed by atoms with Crippen LogP contribution >= 0.6 is 11.3 Å². The van der Waals surface area contributed by atoms with Gasteiger partial charge in [0.2, 0.25) is 5.13 Å². The first-order valence-corrected chi connectivity index (χ1v) is 9.60. The van der Waals surface area contributed by atoms with Crippen molar-refractivity contribution in [3.05, 3.63) is 70.3 Å². The highest BCUT2D eigenvalue weighted by atomic mass is 32.1. The van der Waals surface area contributed by atoms with Gasteiger partial charge in [-0.3, -0.25) is 19.5 Å². The number of aryl methyl sites for hydroxylation is 1. The molecule has 0 unspecified atom stereocenters. The van der Waals surface area contributed by atoms with Crippen molar-refractivity contribution in [2.45, 2.75) is 13.0 Å². The summed E-state index contributed by atoms with van der Waals surface area (Å²) in [6.45, 7) is 1.72. The summed E-state index contributed by atoms with van der Waals surface area (Å²) in [4.78, 5) is 31.2. The predicted octanol–water partition coefficient (Wildman–Crippen LogP) is 3.02. The summed E-state index contributed by atoms with van der Waals surface area (Å²) in [6.07, 6.45) is 1.51. The average molecular weight is 426 g/mol. The van der Waals surface area contributed by atoms with Crippen LogP contribution in [0.3, 0.4) is 0 Å². The van der Waals surface area contributed by atoms with Crippen LogP contribution in [0.5, 0.6) is 5.75 Å². The highest BCUT2D eigenvalue weighted by Crippen LogP contribution is 2.42. The lowest BCUT2D eigenvalue weighted by atomic mass is 9.98. The number of ether oxygens (including phenoxy) is 1. The number of benzene rings is 1. The fourth-order valence-corrected chi connectivity index (χ4v) is 3.91. The molecule has 0 radical (unpaired) electrons. The molecule has 30 heavy (non-hydrogen) atoms. The SMILES string of the molecule is COc1ccc(C(O)=C2C(=O)C(=O)N(c3nnc(C)s3)[C@H]2c2ccccn2)cc1F. The number of carbonyl (C=O) groups excluding carboxylic acids is 2. The Morgan fingerprint density at radius 1 is 1.23 bits per heavy atom. The van der Waals surface area contributed by atoms with E-state index in [-0.39, 0.29) is 22.0 Å². The molecule has 10 heteroatoms. The molecule has 3 aromatic rings. The molecule has 4 rings (SSSR count). The normalized spacial score (nSPS) is 18.1. The number of aromatic nitrogens is 3. The third-order valence-electron chi connectivity index (χ3n) is 4.56. The maximum atomic E-state index is 14.2.